The lowest BCUT2D eigenvalue weighted by molar-refractivity contribution is 0.0943. The van der Waals surface area contributed by atoms with Crippen molar-refractivity contribution >= 4 is 5.91 Å². The molecule has 2 heterocycles. The van der Waals surface area contributed by atoms with Gasteiger partial charge in [-0.15, -0.1) is 0 Å². The molecule has 0 atom stereocenters. The van der Waals surface area contributed by atoms with Gasteiger partial charge in [0.25, 0.3) is 5.91 Å². The first-order valence-electron chi connectivity index (χ1n) is 9.38. The Bertz CT molecular complexity index is 724. The Balaban J connectivity index is 1.48. The molecule has 0 bridgehead atoms. The topological polar surface area (TPSA) is 45.2 Å². The Kier molecular flexibility index (Phi) is 6.34. The number of benzene rings is 1. The zero-order valence-electron chi connectivity index (χ0n) is 15.2. The van der Waals surface area contributed by atoms with Crippen molar-refractivity contribution in [3.05, 3.63) is 54.0 Å². The molecule has 1 amide bonds. The predicted octanol–water partition coefficient (Wildman–Crippen LogP) is 3.74. The summed E-state index contributed by atoms with van der Waals surface area (Å²) in [5.74, 6) is 0.448. The molecule has 138 valence electrons. The first-order valence-corrected chi connectivity index (χ1v) is 9.38. The molecule has 1 aliphatic heterocycles. The molecule has 2 aromatic rings. The van der Waals surface area contributed by atoms with Crippen LogP contribution >= 0.6 is 0 Å². The van der Waals surface area contributed by atoms with Crippen LogP contribution in [0.4, 0.5) is 4.39 Å². The normalized spacial score (nSPS) is 15.8. The van der Waals surface area contributed by atoms with Crippen molar-refractivity contribution in [3.8, 4) is 11.3 Å². The summed E-state index contributed by atoms with van der Waals surface area (Å²) in [6, 6.07) is 9.76. The Labute approximate surface area is 154 Å². The molecule has 1 N–H and O–H groups in total. The molecule has 4 nitrogen and oxygen atoms in total. The summed E-state index contributed by atoms with van der Waals surface area (Å²) in [5.41, 5.74) is 1.88. The Morgan fingerprint density at radius 1 is 1.27 bits per heavy atom. The third-order valence-corrected chi connectivity index (χ3v) is 5.14. The summed E-state index contributed by atoms with van der Waals surface area (Å²) in [6.45, 7) is 6.03. The molecule has 1 saturated heterocycles. The third kappa shape index (κ3) is 4.88. The average Bonchev–Trinajstić information content (AvgIpc) is 2.68. The van der Waals surface area contributed by atoms with E-state index in [0.717, 1.165) is 25.6 Å². The van der Waals surface area contributed by atoms with Crippen molar-refractivity contribution in [1.82, 2.24) is 15.2 Å². The summed E-state index contributed by atoms with van der Waals surface area (Å²) < 4.78 is 13.3. The lowest BCUT2D eigenvalue weighted by atomic mass is 9.94. The minimum Gasteiger partial charge on any atom is -0.351 e. The van der Waals surface area contributed by atoms with E-state index in [-0.39, 0.29) is 11.7 Å². The fourth-order valence-electron chi connectivity index (χ4n) is 3.39. The second kappa shape index (κ2) is 8.90. The molecule has 0 saturated carbocycles. The first-order chi connectivity index (χ1) is 12.7. The van der Waals surface area contributed by atoms with Crippen LogP contribution in [0.25, 0.3) is 11.3 Å². The average molecular weight is 355 g/mol. The zero-order chi connectivity index (χ0) is 18.4. The number of hydrogen-bond acceptors (Lipinski definition) is 3. The van der Waals surface area contributed by atoms with E-state index in [9.17, 15) is 9.18 Å². The minimum atomic E-state index is -0.297. The van der Waals surface area contributed by atoms with E-state index in [0.29, 0.717) is 23.4 Å². The van der Waals surface area contributed by atoms with Gasteiger partial charge < -0.3 is 10.2 Å². The van der Waals surface area contributed by atoms with E-state index >= 15 is 0 Å². The van der Waals surface area contributed by atoms with Crippen LogP contribution in [0.3, 0.4) is 0 Å². The standard InChI is InChI=1S/C21H26FN3O/c1-2-16-8-11-25(12-9-16)13-10-23-21(26)18-6-7-20(24-15-18)17-4-3-5-19(22)14-17/h3-7,14-16H,2,8-13H2,1H3,(H,23,26). The predicted molar refractivity (Wildman–Crippen MR) is 101 cm³/mol. The monoisotopic (exact) mass is 355 g/mol. The number of halogens is 1. The number of rotatable bonds is 6. The van der Waals surface area contributed by atoms with Crippen molar-refractivity contribution in [1.29, 1.82) is 0 Å². The fourth-order valence-corrected chi connectivity index (χ4v) is 3.39. The highest BCUT2D eigenvalue weighted by Gasteiger charge is 2.17. The van der Waals surface area contributed by atoms with Crippen LogP contribution in [0.1, 0.15) is 36.5 Å². The molecule has 1 fully saturated rings. The molecule has 3 rings (SSSR count). The number of amides is 1. The molecule has 26 heavy (non-hydrogen) atoms. The van der Waals surface area contributed by atoms with Gasteiger partial charge in [0, 0.05) is 24.8 Å². The Morgan fingerprint density at radius 2 is 2.08 bits per heavy atom. The first kappa shape index (κ1) is 18.5. The molecule has 0 radical (unpaired) electrons. The molecule has 5 heteroatoms. The van der Waals surface area contributed by atoms with E-state index in [2.05, 4.69) is 22.1 Å². The van der Waals surface area contributed by atoms with Gasteiger partial charge >= 0.3 is 0 Å². The van der Waals surface area contributed by atoms with Gasteiger partial charge in [0.1, 0.15) is 5.82 Å². The van der Waals surface area contributed by atoms with E-state index in [1.54, 1.807) is 30.5 Å². The summed E-state index contributed by atoms with van der Waals surface area (Å²) in [6.07, 6.45) is 5.33. The van der Waals surface area contributed by atoms with Crippen molar-refractivity contribution in [2.75, 3.05) is 26.2 Å². The highest BCUT2D eigenvalue weighted by molar-refractivity contribution is 5.94. The number of pyridine rings is 1. The molecule has 0 aliphatic carbocycles. The highest BCUT2D eigenvalue weighted by Crippen LogP contribution is 2.19. The van der Waals surface area contributed by atoms with Crippen LogP contribution in [0.2, 0.25) is 0 Å². The zero-order valence-corrected chi connectivity index (χ0v) is 15.2. The minimum absolute atomic E-state index is 0.119. The highest BCUT2D eigenvalue weighted by atomic mass is 19.1. The number of nitrogens with zero attached hydrogens (tertiary/aromatic N) is 2. The smallest absolute Gasteiger partial charge is 0.252 e. The summed E-state index contributed by atoms with van der Waals surface area (Å²) in [4.78, 5) is 19.0. The van der Waals surface area contributed by atoms with E-state index in [4.69, 9.17) is 0 Å². The quantitative estimate of drug-likeness (QED) is 0.859. The number of piperidine rings is 1. The SMILES string of the molecule is CCC1CCN(CCNC(=O)c2ccc(-c3cccc(F)c3)nc2)CC1. The number of hydrogen-bond donors (Lipinski definition) is 1. The maximum absolute atomic E-state index is 13.3. The van der Waals surface area contributed by atoms with Crippen molar-refractivity contribution in [2.24, 2.45) is 5.92 Å². The fraction of sp³-hybridized carbons (Fsp3) is 0.429. The van der Waals surface area contributed by atoms with Crippen molar-refractivity contribution in [3.63, 3.8) is 0 Å². The number of carbonyl (C=O) groups is 1. The molecule has 1 aliphatic rings. The van der Waals surface area contributed by atoms with Crippen LogP contribution in [-0.2, 0) is 0 Å². The maximum Gasteiger partial charge on any atom is 0.252 e. The number of likely N-dealkylation sites (tertiary alicyclic amines) is 1. The maximum atomic E-state index is 13.3. The van der Waals surface area contributed by atoms with E-state index < -0.39 is 0 Å². The van der Waals surface area contributed by atoms with Crippen LogP contribution < -0.4 is 5.32 Å². The summed E-state index contributed by atoms with van der Waals surface area (Å²) >= 11 is 0. The second-order valence-corrected chi connectivity index (χ2v) is 6.89. The van der Waals surface area contributed by atoms with Crippen LogP contribution in [0.5, 0.6) is 0 Å². The molecule has 0 unspecified atom stereocenters. The van der Waals surface area contributed by atoms with E-state index in [1.165, 1.54) is 31.4 Å². The summed E-state index contributed by atoms with van der Waals surface area (Å²) in [7, 11) is 0. The number of aromatic nitrogens is 1. The van der Waals surface area contributed by atoms with Gasteiger partial charge in [0.15, 0.2) is 0 Å². The lowest BCUT2D eigenvalue weighted by Gasteiger charge is -2.31. The van der Waals surface area contributed by atoms with Gasteiger partial charge in [-0.25, -0.2) is 4.39 Å². The number of carbonyl (C=O) groups excluding carboxylic acids is 1. The van der Waals surface area contributed by atoms with Gasteiger partial charge in [-0.1, -0.05) is 25.5 Å². The van der Waals surface area contributed by atoms with Gasteiger partial charge in [-0.2, -0.15) is 0 Å². The molecule has 1 aromatic heterocycles. The van der Waals surface area contributed by atoms with Crippen LogP contribution in [0, 0.1) is 11.7 Å². The second-order valence-electron chi connectivity index (χ2n) is 6.89. The molecule has 0 spiro atoms. The molecular weight excluding hydrogens is 329 g/mol. The van der Waals surface area contributed by atoms with Crippen molar-refractivity contribution in [2.45, 2.75) is 26.2 Å². The van der Waals surface area contributed by atoms with Gasteiger partial charge in [0.05, 0.1) is 11.3 Å². The van der Waals surface area contributed by atoms with E-state index in [1.807, 2.05) is 0 Å². The molecule has 1 aromatic carbocycles. The third-order valence-electron chi connectivity index (χ3n) is 5.14. The largest absolute Gasteiger partial charge is 0.351 e. The molecular formula is C21H26FN3O. The van der Waals surface area contributed by atoms with Gasteiger partial charge in [-0.3, -0.25) is 9.78 Å². The lowest BCUT2D eigenvalue weighted by Crippen LogP contribution is -2.39. The Morgan fingerprint density at radius 3 is 2.73 bits per heavy atom. The van der Waals surface area contributed by atoms with Gasteiger partial charge in [-0.05, 0) is 56.1 Å². The number of nitrogens with one attached hydrogen (secondary N) is 1. The van der Waals surface area contributed by atoms with Crippen molar-refractivity contribution < 1.29 is 9.18 Å². The summed E-state index contributed by atoms with van der Waals surface area (Å²) in [5, 5.41) is 2.96. The van der Waals surface area contributed by atoms with Crippen LogP contribution in [0.15, 0.2) is 42.6 Å². The van der Waals surface area contributed by atoms with Crippen LogP contribution in [-0.4, -0.2) is 42.0 Å². The Hall–Kier alpha value is -2.27. The van der Waals surface area contributed by atoms with Gasteiger partial charge in [0.2, 0.25) is 0 Å².